The quantitative estimate of drug-likeness (QED) is 0.588. The number of amides is 1. The van der Waals surface area contributed by atoms with E-state index in [0.717, 1.165) is 43.3 Å². The second kappa shape index (κ2) is 7.04. The Labute approximate surface area is 184 Å². The number of aryl methyl sites for hydroxylation is 1. The van der Waals surface area contributed by atoms with Crippen LogP contribution < -0.4 is 10.6 Å². The molecule has 1 amide bonds. The van der Waals surface area contributed by atoms with Gasteiger partial charge in [0.25, 0.3) is 15.9 Å². The lowest BCUT2D eigenvalue weighted by molar-refractivity contribution is -0.121. The Kier molecular flexibility index (Phi) is 4.76. The number of hydrogen-bond acceptors (Lipinski definition) is 8. The Balaban J connectivity index is 1.52. The molecule has 0 unspecified atom stereocenters. The van der Waals surface area contributed by atoms with E-state index in [1.54, 1.807) is 5.38 Å². The maximum absolute atomic E-state index is 12.9. The van der Waals surface area contributed by atoms with Crippen molar-refractivity contribution in [3.8, 4) is 0 Å². The van der Waals surface area contributed by atoms with Crippen molar-refractivity contribution in [2.45, 2.75) is 43.0 Å². The lowest BCUT2D eigenvalue weighted by atomic mass is 9.59. The number of aliphatic hydroxyl groups is 1. The molecule has 1 aromatic rings. The predicted octanol–water partition coefficient (Wildman–Crippen LogP) is 1.59. The van der Waals surface area contributed by atoms with Crippen LogP contribution in [0, 0.1) is 17.8 Å². The van der Waals surface area contributed by atoms with Crippen LogP contribution in [0.15, 0.2) is 26.0 Å². The zero-order valence-electron chi connectivity index (χ0n) is 16.8. The lowest BCUT2D eigenvalue weighted by Crippen LogP contribution is -2.58. The Morgan fingerprint density at radius 2 is 1.90 bits per heavy atom. The molecular formula is C19H23N3O6S3. The van der Waals surface area contributed by atoms with Crippen molar-refractivity contribution < 1.29 is 26.7 Å². The second-order valence-corrected chi connectivity index (χ2v) is 13.5. The van der Waals surface area contributed by atoms with Crippen LogP contribution >= 0.6 is 11.3 Å². The Hall–Kier alpha value is -1.92. The highest BCUT2D eigenvalue weighted by atomic mass is 32.2. The third-order valence-corrected chi connectivity index (χ3v) is 10.2. The number of sulfone groups is 1. The third-order valence-electron chi connectivity index (χ3n) is 6.81. The van der Waals surface area contributed by atoms with Crippen molar-refractivity contribution in [1.82, 2.24) is 5.32 Å². The van der Waals surface area contributed by atoms with Gasteiger partial charge in [-0.15, -0.1) is 15.7 Å². The number of anilines is 1. The highest BCUT2D eigenvalue weighted by Crippen LogP contribution is 2.49. The third kappa shape index (κ3) is 3.48. The minimum Gasteiger partial charge on any atom is -0.511 e. The summed E-state index contributed by atoms with van der Waals surface area (Å²) in [6.45, 7) is 0. The Morgan fingerprint density at radius 3 is 2.58 bits per heavy atom. The van der Waals surface area contributed by atoms with Gasteiger partial charge in [0.05, 0.1) is 5.75 Å². The fourth-order valence-corrected chi connectivity index (χ4v) is 8.67. The van der Waals surface area contributed by atoms with Gasteiger partial charge >= 0.3 is 0 Å². The van der Waals surface area contributed by atoms with Gasteiger partial charge in [-0.2, -0.15) is 8.42 Å². The van der Waals surface area contributed by atoms with Crippen LogP contribution in [0.5, 0.6) is 0 Å². The van der Waals surface area contributed by atoms with Gasteiger partial charge in [0.1, 0.15) is 31.1 Å². The lowest BCUT2D eigenvalue weighted by Gasteiger charge is -2.50. The van der Waals surface area contributed by atoms with Crippen LogP contribution in [0.4, 0.5) is 5.00 Å². The van der Waals surface area contributed by atoms with Crippen molar-refractivity contribution in [3.63, 3.8) is 0 Å². The first-order valence-corrected chi connectivity index (χ1v) is 14.6. The van der Waals surface area contributed by atoms with E-state index in [1.165, 1.54) is 0 Å². The van der Waals surface area contributed by atoms with Gasteiger partial charge in [-0.3, -0.25) is 4.79 Å². The number of hydrogen-bond donors (Lipinski definition) is 3. The number of carbonyl (C=O) groups is 1. The first-order valence-electron chi connectivity index (χ1n) is 10.2. The fraction of sp³-hybridized carbons (Fsp3) is 0.579. The summed E-state index contributed by atoms with van der Waals surface area (Å²) in [5.74, 6) is -0.601. The molecule has 9 nitrogen and oxygen atoms in total. The Morgan fingerprint density at radius 1 is 1.23 bits per heavy atom. The molecule has 0 radical (unpaired) electrons. The van der Waals surface area contributed by atoms with Gasteiger partial charge in [-0.05, 0) is 54.9 Å². The number of nitrogens with one attached hydrogen (secondary N) is 2. The van der Waals surface area contributed by atoms with Gasteiger partial charge < -0.3 is 15.7 Å². The number of sulfonamides is 1. The number of aliphatic hydroxyl groups excluding tert-OH is 1. The Bertz CT molecular complexity index is 1240. The molecule has 31 heavy (non-hydrogen) atoms. The van der Waals surface area contributed by atoms with E-state index in [-0.39, 0.29) is 57.1 Å². The summed E-state index contributed by atoms with van der Waals surface area (Å²) >= 11 is 1.11. The minimum atomic E-state index is -4.17. The smallest absolute Gasteiger partial charge is 0.287 e. The SMILES string of the molecule is CS(=O)(=O)CCc1csc2c1S(=O)(=O)N=C(C1=C(O)[C@@H]3C4CCC(CC4)[C@@H]3NC1=O)N2. The summed E-state index contributed by atoms with van der Waals surface area (Å²) in [4.78, 5) is 12.8. The summed E-state index contributed by atoms with van der Waals surface area (Å²) in [6, 6.07) is -0.121. The monoisotopic (exact) mass is 485 g/mol. The number of amidine groups is 1. The molecule has 3 aliphatic carbocycles. The average Bonchev–Trinajstić information content (AvgIpc) is 3.10. The summed E-state index contributed by atoms with van der Waals surface area (Å²) in [6.07, 6.45) is 5.16. The van der Waals surface area contributed by atoms with Gasteiger partial charge in [-0.25, -0.2) is 8.42 Å². The molecule has 0 saturated heterocycles. The first kappa shape index (κ1) is 21.0. The van der Waals surface area contributed by atoms with Gasteiger partial charge in [0.15, 0.2) is 5.84 Å². The first-order chi connectivity index (χ1) is 14.5. The maximum atomic E-state index is 12.9. The highest BCUT2D eigenvalue weighted by molar-refractivity contribution is 7.91. The van der Waals surface area contributed by atoms with Crippen molar-refractivity contribution in [3.05, 3.63) is 22.3 Å². The molecule has 5 aliphatic rings. The van der Waals surface area contributed by atoms with E-state index in [1.807, 2.05) is 0 Å². The van der Waals surface area contributed by atoms with Crippen LogP contribution in [-0.2, 0) is 31.1 Å². The summed E-state index contributed by atoms with van der Waals surface area (Å²) in [7, 11) is -7.43. The van der Waals surface area contributed by atoms with E-state index in [4.69, 9.17) is 0 Å². The molecule has 3 saturated carbocycles. The number of carbonyl (C=O) groups excluding carboxylic acids is 1. The molecule has 0 aromatic carbocycles. The van der Waals surface area contributed by atoms with Gasteiger partial charge in [0.2, 0.25) is 0 Å². The van der Waals surface area contributed by atoms with Crippen LogP contribution in [0.1, 0.15) is 31.2 Å². The van der Waals surface area contributed by atoms with Crippen LogP contribution in [0.2, 0.25) is 0 Å². The molecule has 0 spiro atoms. The summed E-state index contributed by atoms with van der Waals surface area (Å²) in [5, 5.41) is 18.8. The van der Waals surface area contributed by atoms with Crippen molar-refractivity contribution >= 4 is 47.9 Å². The standard InChI is InChI=1S/C19H23N3O6S3/c1-30(25,26)7-6-11-8-29-19-16(11)31(27,28)22-17(21-19)13-15(23)12-9-2-4-10(5-3-9)14(12)20-18(13)24/h8-10,12,14,23H,2-7H2,1H3,(H,20,24)(H,21,22)/t9?,10?,12-,14+/m1/s1. The van der Waals surface area contributed by atoms with Crippen LogP contribution in [-0.4, -0.2) is 51.7 Å². The fourth-order valence-electron chi connectivity index (χ4n) is 5.41. The topological polar surface area (TPSA) is 142 Å². The molecule has 2 atom stereocenters. The van der Waals surface area contributed by atoms with E-state index in [0.29, 0.717) is 11.5 Å². The van der Waals surface area contributed by atoms with Crippen molar-refractivity contribution in [2.75, 3.05) is 17.3 Å². The summed E-state index contributed by atoms with van der Waals surface area (Å²) in [5.41, 5.74) is 0.255. The molecule has 2 aliphatic heterocycles. The highest BCUT2D eigenvalue weighted by Gasteiger charge is 2.51. The van der Waals surface area contributed by atoms with Crippen LogP contribution in [0.3, 0.4) is 0 Å². The van der Waals surface area contributed by atoms with E-state index in [2.05, 4.69) is 15.0 Å². The minimum absolute atomic E-state index is 0.0533. The molecule has 3 N–H and O–H groups in total. The van der Waals surface area contributed by atoms with Crippen molar-refractivity contribution in [1.29, 1.82) is 0 Å². The molecule has 1 aromatic heterocycles. The maximum Gasteiger partial charge on any atom is 0.287 e. The van der Waals surface area contributed by atoms with Crippen molar-refractivity contribution in [2.24, 2.45) is 22.2 Å². The molecule has 168 valence electrons. The predicted molar refractivity (Wildman–Crippen MR) is 117 cm³/mol. The largest absolute Gasteiger partial charge is 0.511 e. The zero-order valence-corrected chi connectivity index (χ0v) is 19.2. The van der Waals surface area contributed by atoms with E-state index >= 15 is 0 Å². The summed E-state index contributed by atoms with van der Waals surface area (Å²) < 4.78 is 52.7. The normalized spacial score (nSPS) is 31.4. The van der Waals surface area contributed by atoms with Crippen LogP contribution in [0.25, 0.3) is 0 Å². The average molecular weight is 486 g/mol. The number of nitrogens with zero attached hydrogens (tertiary/aromatic N) is 1. The number of thiophene rings is 1. The van der Waals surface area contributed by atoms with E-state index in [9.17, 15) is 26.7 Å². The molecule has 2 bridgehead atoms. The molecule has 12 heteroatoms. The van der Waals surface area contributed by atoms with E-state index < -0.39 is 25.8 Å². The van der Waals surface area contributed by atoms with Gasteiger partial charge in [-0.1, -0.05) is 0 Å². The molecular weight excluding hydrogens is 462 g/mol. The number of rotatable bonds is 4. The molecule has 3 fully saturated rings. The number of fused-ring (bicyclic) bond motifs is 3. The second-order valence-electron chi connectivity index (χ2n) is 8.80. The zero-order chi connectivity index (χ0) is 22.1. The molecule has 3 heterocycles. The molecule has 6 rings (SSSR count). The van der Waals surface area contributed by atoms with Gasteiger partial charge in [0, 0.05) is 18.2 Å².